The van der Waals surface area contributed by atoms with Crippen molar-refractivity contribution in [1.82, 2.24) is 10.2 Å². The van der Waals surface area contributed by atoms with Crippen LogP contribution in [-0.4, -0.2) is 68.2 Å². The van der Waals surface area contributed by atoms with E-state index in [2.05, 4.69) is 5.32 Å². The van der Waals surface area contributed by atoms with Gasteiger partial charge in [0.25, 0.3) is 0 Å². The fourth-order valence-electron chi connectivity index (χ4n) is 3.08. The van der Waals surface area contributed by atoms with Crippen LogP contribution in [0.2, 0.25) is 0 Å². The van der Waals surface area contributed by atoms with E-state index in [1.165, 1.54) is 19.3 Å². The van der Waals surface area contributed by atoms with Gasteiger partial charge in [-0.2, -0.15) is 0 Å². The molecule has 1 aliphatic rings. The number of amides is 1. The van der Waals surface area contributed by atoms with Crippen LogP contribution in [0.15, 0.2) is 0 Å². The zero-order valence-corrected chi connectivity index (χ0v) is 15.9. The van der Waals surface area contributed by atoms with Crippen molar-refractivity contribution < 1.29 is 19.4 Å². The summed E-state index contributed by atoms with van der Waals surface area (Å²) in [4.78, 5) is 13.9. The molecule has 2 N–H and O–H groups in total. The van der Waals surface area contributed by atoms with Gasteiger partial charge in [0.15, 0.2) is 0 Å². The van der Waals surface area contributed by atoms with Crippen molar-refractivity contribution in [3.8, 4) is 0 Å². The lowest BCUT2D eigenvalue weighted by molar-refractivity contribution is 0.0199. The van der Waals surface area contributed by atoms with Crippen molar-refractivity contribution in [3.63, 3.8) is 0 Å². The van der Waals surface area contributed by atoms with Crippen molar-refractivity contribution >= 4 is 6.09 Å². The van der Waals surface area contributed by atoms with E-state index in [4.69, 9.17) is 9.47 Å². The molecule has 1 rings (SSSR count). The van der Waals surface area contributed by atoms with Gasteiger partial charge in [0.1, 0.15) is 5.60 Å². The van der Waals surface area contributed by atoms with E-state index in [9.17, 15) is 9.90 Å². The molecule has 0 heterocycles. The second-order valence-electron chi connectivity index (χ2n) is 7.86. The van der Waals surface area contributed by atoms with Crippen LogP contribution in [0.25, 0.3) is 0 Å². The molecular weight excluding hydrogens is 308 g/mol. The zero-order chi connectivity index (χ0) is 18.1. The summed E-state index contributed by atoms with van der Waals surface area (Å²) >= 11 is 0. The molecule has 0 aromatic rings. The van der Waals surface area contributed by atoms with Gasteiger partial charge in [0.05, 0.1) is 6.61 Å². The molecule has 0 aliphatic heterocycles. The third kappa shape index (κ3) is 7.81. The Kier molecular flexibility index (Phi) is 9.02. The lowest BCUT2D eigenvalue weighted by Crippen LogP contribution is -2.44. The third-order valence-corrected chi connectivity index (χ3v) is 4.53. The highest BCUT2D eigenvalue weighted by Gasteiger charge is 2.31. The summed E-state index contributed by atoms with van der Waals surface area (Å²) in [6.45, 7) is 8.89. The first-order valence-electron chi connectivity index (χ1n) is 9.10. The number of hydrogen-bond acceptors (Lipinski definition) is 5. The van der Waals surface area contributed by atoms with E-state index in [0.717, 1.165) is 19.4 Å². The maximum Gasteiger partial charge on any atom is 0.410 e. The van der Waals surface area contributed by atoms with Crippen molar-refractivity contribution in [1.29, 1.82) is 0 Å². The second kappa shape index (κ2) is 10.2. The molecule has 0 radical (unpaired) electrons. The molecule has 0 saturated heterocycles. The fourth-order valence-corrected chi connectivity index (χ4v) is 3.08. The molecule has 24 heavy (non-hydrogen) atoms. The molecule has 1 amide bonds. The number of ether oxygens (including phenoxy) is 2. The minimum Gasteiger partial charge on any atom is -0.444 e. The monoisotopic (exact) mass is 344 g/mol. The molecule has 0 unspecified atom stereocenters. The minimum absolute atomic E-state index is 0.0154. The van der Waals surface area contributed by atoms with Gasteiger partial charge in [-0.25, -0.2) is 4.79 Å². The standard InChI is InChI=1S/C18H36N2O4/c1-17(2,3)24-16(22)20(12-13-23-4)11-10-19-14-18(15-21)8-6-5-7-9-18/h19,21H,5-15H2,1-4H3. The van der Waals surface area contributed by atoms with Crippen molar-refractivity contribution in [2.45, 2.75) is 58.5 Å². The van der Waals surface area contributed by atoms with Crippen LogP contribution < -0.4 is 5.32 Å². The predicted molar refractivity (Wildman–Crippen MR) is 95.2 cm³/mol. The molecule has 1 fully saturated rings. The molecule has 6 nitrogen and oxygen atoms in total. The van der Waals surface area contributed by atoms with Crippen LogP contribution in [0, 0.1) is 5.41 Å². The number of methoxy groups -OCH3 is 1. The first kappa shape index (κ1) is 21.2. The number of carbonyl (C=O) groups is 1. The summed E-state index contributed by atoms with van der Waals surface area (Å²) in [5.74, 6) is 0. The molecule has 1 aliphatic carbocycles. The summed E-state index contributed by atoms with van der Waals surface area (Å²) in [7, 11) is 1.62. The average molecular weight is 344 g/mol. The number of hydrogen-bond donors (Lipinski definition) is 2. The van der Waals surface area contributed by atoms with E-state index in [-0.39, 0.29) is 18.1 Å². The van der Waals surface area contributed by atoms with Crippen molar-refractivity contribution in [2.75, 3.05) is 46.5 Å². The summed E-state index contributed by atoms with van der Waals surface area (Å²) < 4.78 is 10.5. The SMILES string of the molecule is COCCN(CCNCC1(CO)CCCCC1)C(=O)OC(C)(C)C. The molecule has 0 atom stereocenters. The Bertz CT molecular complexity index is 363. The van der Waals surface area contributed by atoms with Gasteiger partial charge >= 0.3 is 6.09 Å². The Morgan fingerprint density at radius 1 is 1.21 bits per heavy atom. The van der Waals surface area contributed by atoms with Gasteiger partial charge < -0.3 is 24.8 Å². The molecular formula is C18H36N2O4. The summed E-state index contributed by atoms with van der Waals surface area (Å²) in [5.41, 5.74) is -0.486. The minimum atomic E-state index is -0.501. The Balaban J connectivity index is 2.42. The first-order chi connectivity index (χ1) is 11.3. The van der Waals surface area contributed by atoms with Gasteiger partial charge in [-0.05, 0) is 33.6 Å². The van der Waals surface area contributed by atoms with E-state index >= 15 is 0 Å². The molecule has 0 spiro atoms. The van der Waals surface area contributed by atoms with Crippen LogP contribution in [-0.2, 0) is 9.47 Å². The number of nitrogens with zero attached hydrogens (tertiary/aromatic N) is 1. The number of rotatable bonds is 9. The number of nitrogens with one attached hydrogen (secondary N) is 1. The maximum absolute atomic E-state index is 12.3. The molecule has 0 bridgehead atoms. The highest BCUT2D eigenvalue weighted by Crippen LogP contribution is 2.35. The molecule has 0 aromatic heterocycles. The van der Waals surface area contributed by atoms with Crippen molar-refractivity contribution in [2.24, 2.45) is 5.41 Å². The fraction of sp³-hybridized carbons (Fsp3) is 0.944. The highest BCUT2D eigenvalue weighted by atomic mass is 16.6. The summed E-state index contributed by atoms with van der Waals surface area (Å²) in [5, 5.41) is 13.2. The Morgan fingerprint density at radius 2 is 1.88 bits per heavy atom. The predicted octanol–water partition coefficient (Wildman–Crippen LogP) is 2.40. The van der Waals surface area contributed by atoms with Crippen LogP contribution in [0.3, 0.4) is 0 Å². The number of carbonyl (C=O) groups excluding carboxylic acids is 1. The lowest BCUT2D eigenvalue weighted by Gasteiger charge is -2.36. The normalized spacial score (nSPS) is 17.5. The van der Waals surface area contributed by atoms with E-state index in [1.54, 1.807) is 12.0 Å². The van der Waals surface area contributed by atoms with E-state index in [0.29, 0.717) is 26.2 Å². The molecule has 1 saturated carbocycles. The van der Waals surface area contributed by atoms with Gasteiger partial charge in [-0.1, -0.05) is 19.3 Å². The van der Waals surface area contributed by atoms with E-state index < -0.39 is 5.60 Å². The number of aliphatic hydroxyl groups excluding tert-OH is 1. The Labute approximate surface area is 146 Å². The quantitative estimate of drug-likeness (QED) is 0.629. The zero-order valence-electron chi connectivity index (χ0n) is 15.9. The molecule has 142 valence electrons. The van der Waals surface area contributed by atoms with Crippen LogP contribution in [0.5, 0.6) is 0 Å². The third-order valence-electron chi connectivity index (χ3n) is 4.53. The maximum atomic E-state index is 12.3. The van der Waals surface area contributed by atoms with Crippen LogP contribution in [0.1, 0.15) is 52.9 Å². The summed E-state index contributed by atoms with van der Waals surface area (Å²) in [6.07, 6.45) is 5.51. The smallest absolute Gasteiger partial charge is 0.410 e. The topological polar surface area (TPSA) is 71.0 Å². The lowest BCUT2D eigenvalue weighted by atomic mass is 9.74. The summed E-state index contributed by atoms with van der Waals surface area (Å²) in [6, 6.07) is 0. The van der Waals surface area contributed by atoms with Gasteiger partial charge in [-0.15, -0.1) is 0 Å². The number of aliphatic hydroxyl groups is 1. The Morgan fingerprint density at radius 3 is 2.42 bits per heavy atom. The molecule has 6 heteroatoms. The largest absolute Gasteiger partial charge is 0.444 e. The molecule has 0 aromatic carbocycles. The van der Waals surface area contributed by atoms with Gasteiger partial charge in [0, 0.05) is 45.3 Å². The second-order valence-corrected chi connectivity index (χ2v) is 7.86. The van der Waals surface area contributed by atoms with Crippen LogP contribution >= 0.6 is 0 Å². The highest BCUT2D eigenvalue weighted by molar-refractivity contribution is 5.68. The van der Waals surface area contributed by atoms with E-state index in [1.807, 2.05) is 20.8 Å². The van der Waals surface area contributed by atoms with Gasteiger partial charge in [-0.3, -0.25) is 0 Å². The Hall–Kier alpha value is -0.850. The average Bonchev–Trinajstić information content (AvgIpc) is 2.53. The van der Waals surface area contributed by atoms with Crippen LogP contribution in [0.4, 0.5) is 4.79 Å². The first-order valence-corrected chi connectivity index (χ1v) is 9.10. The van der Waals surface area contributed by atoms with Gasteiger partial charge in [0.2, 0.25) is 0 Å². The van der Waals surface area contributed by atoms with Crippen molar-refractivity contribution in [3.05, 3.63) is 0 Å².